The van der Waals surface area contributed by atoms with Crippen molar-refractivity contribution in [2.75, 3.05) is 0 Å². The van der Waals surface area contributed by atoms with E-state index in [1.54, 1.807) is 12.1 Å². The summed E-state index contributed by atoms with van der Waals surface area (Å²) < 4.78 is 30.3. The van der Waals surface area contributed by atoms with Crippen molar-refractivity contribution in [3.8, 4) is 0 Å². The van der Waals surface area contributed by atoms with Crippen LogP contribution in [-0.2, 0) is 10.1 Å². The van der Waals surface area contributed by atoms with Gasteiger partial charge in [0.05, 0.1) is 4.90 Å². The van der Waals surface area contributed by atoms with Gasteiger partial charge in [-0.15, -0.1) is 0 Å². The van der Waals surface area contributed by atoms with Crippen LogP contribution in [0.4, 0.5) is 0 Å². The SMILES string of the molecule is O=S(=O)(O)c1ccc(Br)cc1.[MgH2]. The van der Waals surface area contributed by atoms with Gasteiger partial charge in [-0.25, -0.2) is 0 Å². The maximum Gasteiger partial charge on any atom is 0.316 e. The largest absolute Gasteiger partial charge is 0.316 e. The van der Waals surface area contributed by atoms with Gasteiger partial charge in [-0.05, 0) is 24.3 Å². The molecule has 0 saturated heterocycles. The standard InChI is InChI=1S/C6H5BrO3S.Mg.2H/c7-5-1-3-6(4-2-5)11(8,9)10;;;/h1-4H,(H,8,9,10);;;. The average Bonchev–Trinajstić information content (AvgIpc) is 1.86. The molecule has 1 rings (SSSR count). The molecular formula is C6H7BrMgO3S. The van der Waals surface area contributed by atoms with Crippen molar-refractivity contribution in [1.29, 1.82) is 0 Å². The van der Waals surface area contributed by atoms with Crippen molar-refractivity contribution in [3.05, 3.63) is 28.7 Å². The molecule has 0 amide bonds. The van der Waals surface area contributed by atoms with Crippen LogP contribution in [0, 0.1) is 0 Å². The van der Waals surface area contributed by atoms with Crippen LogP contribution in [0.25, 0.3) is 0 Å². The Morgan fingerprint density at radius 1 is 1.17 bits per heavy atom. The first-order chi connectivity index (χ1) is 5.00. The number of hydrogen-bond donors (Lipinski definition) is 1. The summed E-state index contributed by atoms with van der Waals surface area (Å²) in [5.41, 5.74) is 0. The zero-order chi connectivity index (χ0) is 8.48. The zero-order valence-electron chi connectivity index (χ0n) is 5.36. The van der Waals surface area contributed by atoms with Crippen LogP contribution in [0.3, 0.4) is 0 Å². The van der Waals surface area contributed by atoms with E-state index in [1.165, 1.54) is 12.1 Å². The van der Waals surface area contributed by atoms with Gasteiger partial charge < -0.3 is 0 Å². The van der Waals surface area contributed by atoms with Crippen molar-refractivity contribution >= 4 is 49.1 Å². The molecule has 1 aromatic carbocycles. The summed E-state index contributed by atoms with van der Waals surface area (Å²) in [7, 11) is -4.04. The van der Waals surface area contributed by atoms with E-state index in [-0.39, 0.29) is 27.9 Å². The van der Waals surface area contributed by atoms with Crippen molar-refractivity contribution in [1.82, 2.24) is 0 Å². The number of rotatable bonds is 1. The van der Waals surface area contributed by atoms with Crippen LogP contribution in [0.15, 0.2) is 33.6 Å². The molecule has 1 aromatic rings. The predicted octanol–water partition coefficient (Wildman–Crippen LogP) is 0.780. The molecule has 0 heterocycles. The Morgan fingerprint density at radius 3 is 1.92 bits per heavy atom. The molecule has 0 aliphatic heterocycles. The molecule has 12 heavy (non-hydrogen) atoms. The van der Waals surface area contributed by atoms with Gasteiger partial charge in [0.1, 0.15) is 0 Å². The van der Waals surface area contributed by atoms with Crippen LogP contribution in [0.5, 0.6) is 0 Å². The first-order valence-electron chi connectivity index (χ1n) is 2.73. The zero-order valence-corrected chi connectivity index (χ0v) is 7.76. The number of halogens is 1. The summed E-state index contributed by atoms with van der Waals surface area (Å²) in [4.78, 5) is -0.0966. The van der Waals surface area contributed by atoms with Gasteiger partial charge in [-0.1, -0.05) is 15.9 Å². The minimum Gasteiger partial charge on any atom is -0.282 e. The molecule has 0 aromatic heterocycles. The summed E-state index contributed by atoms with van der Waals surface area (Å²) in [6.45, 7) is 0. The highest BCUT2D eigenvalue weighted by Crippen LogP contribution is 2.13. The van der Waals surface area contributed by atoms with Gasteiger partial charge in [-0.2, -0.15) is 8.42 Å². The quantitative estimate of drug-likeness (QED) is 0.602. The second-order valence-electron chi connectivity index (χ2n) is 1.93. The molecule has 1 N–H and O–H groups in total. The second-order valence-corrected chi connectivity index (χ2v) is 4.27. The number of benzene rings is 1. The predicted molar refractivity (Wildman–Crippen MR) is 52.5 cm³/mol. The summed E-state index contributed by atoms with van der Waals surface area (Å²) in [6, 6.07) is 5.73. The van der Waals surface area contributed by atoms with Crippen LogP contribution in [0.1, 0.15) is 0 Å². The Labute approximate surface area is 95.2 Å². The van der Waals surface area contributed by atoms with E-state index in [1.807, 2.05) is 0 Å². The normalized spacial score (nSPS) is 10.5. The highest BCUT2D eigenvalue weighted by atomic mass is 79.9. The Hall–Kier alpha value is 0.376. The van der Waals surface area contributed by atoms with Gasteiger partial charge in [0.15, 0.2) is 0 Å². The molecule has 0 atom stereocenters. The molecule has 0 bridgehead atoms. The highest BCUT2D eigenvalue weighted by molar-refractivity contribution is 9.10. The molecule has 0 aliphatic carbocycles. The average molecular weight is 263 g/mol. The summed E-state index contributed by atoms with van der Waals surface area (Å²) in [6.07, 6.45) is 0. The summed E-state index contributed by atoms with van der Waals surface area (Å²) in [5, 5.41) is 0. The van der Waals surface area contributed by atoms with Gasteiger partial charge >= 0.3 is 23.1 Å². The van der Waals surface area contributed by atoms with Crippen molar-refractivity contribution < 1.29 is 13.0 Å². The van der Waals surface area contributed by atoms with Crippen LogP contribution in [0.2, 0.25) is 0 Å². The van der Waals surface area contributed by atoms with Gasteiger partial charge in [-0.3, -0.25) is 4.55 Å². The monoisotopic (exact) mass is 262 g/mol. The maximum atomic E-state index is 10.5. The molecular weight excluding hydrogens is 256 g/mol. The maximum absolute atomic E-state index is 10.5. The molecule has 0 unspecified atom stereocenters. The minimum atomic E-state index is -4.04. The fraction of sp³-hybridized carbons (Fsp3) is 0. The van der Waals surface area contributed by atoms with E-state index in [0.29, 0.717) is 0 Å². The fourth-order valence-electron chi connectivity index (χ4n) is 0.607. The minimum absolute atomic E-state index is 0. The van der Waals surface area contributed by atoms with E-state index in [2.05, 4.69) is 15.9 Å². The fourth-order valence-corrected chi connectivity index (χ4v) is 1.35. The topological polar surface area (TPSA) is 54.4 Å². The highest BCUT2D eigenvalue weighted by Gasteiger charge is 2.07. The lowest BCUT2D eigenvalue weighted by Gasteiger charge is -1.94. The molecule has 64 valence electrons. The van der Waals surface area contributed by atoms with Crippen LogP contribution in [-0.4, -0.2) is 36.0 Å². The lowest BCUT2D eigenvalue weighted by molar-refractivity contribution is 0.483. The van der Waals surface area contributed by atoms with Crippen molar-refractivity contribution in [3.63, 3.8) is 0 Å². The Bertz CT molecular complexity index is 346. The third-order valence-corrected chi connectivity index (χ3v) is 2.51. The molecule has 0 aliphatic rings. The molecule has 0 saturated carbocycles. The molecule has 0 radical (unpaired) electrons. The van der Waals surface area contributed by atoms with E-state index in [4.69, 9.17) is 4.55 Å². The molecule has 0 spiro atoms. The van der Waals surface area contributed by atoms with E-state index >= 15 is 0 Å². The lowest BCUT2D eigenvalue weighted by Crippen LogP contribution is -1.96. The van der Waals surface area contributed by atoms with Crippen LogP contribution < -0.4 is 0 Å². The number of hydrogen-bond acceptors (Lipinski definition) is 2. The molecule has 3 nitrogen and oxygen atoms in total. The Morgan fingerprint density at radius 2 is 1.58 bits per heavy atom. The van der Waals surface area contributed by atoms with Gasteiger partial charge in [0.25, 0.3) is 10.1 Å². The third kappa shape index (κ3) is 3.40. The smallest absolute Gasteiger partial charge is 0.282 e. The van der Waals surface area contributed by atoms with E-state index < -0.39 is 10.1 Å². The van der Waals surface area contributed by atoms with Gasteiger partial charge in [0.2, 0.25) is 0 Å². The third-order valence-electron chi connectivity index (χ3n) is 1.11. The van der Waals surface area contributed by atoms with Crippen molar-refractivity contribution in [2.24, 2.45) is 0 Å². The van der Waals surface area contributed by atoms with Crippen LogP contribution >= 0.6 is 15.9 Å². The van der Waals surface area contributed by atoms with Crippen molar-refractivity contribution in [2.45, 2.75) is 4.90 Å². The summed E-state index contributed by atoms with van der Waals surface area (Å²) in [5.74, 6) is 0. The Balaban J connectivity index is 0.00000121. The second kappa shape index (κ2) is 4.57. The van der Waals surface area contributed by atoms with Gasteiger partial charge in [0, 0.05) is 4.47 Å². The molecule has 0 fully saturated rings. The molecule has 6 heteroatoms. The first-order valence-corrected chi connectivity index (χ1v) is 4.96. The lowest BCUT2D eigenvalue weighted by atomic mass is 10.4. The Kier molecular flexibility index (Phi) is 4.71. The van der Waals surface area contributed by atoms with E-state index in [9.17, 15) is 8.42 Å². The van der Waals surface area contributed by atoms with E-state index in [0.717, 1.165) is 4.47 Å². The first kappa shape index (κ1) is 12.4. The summed E-state index contributed by atoms with van der Waals surface area (Å²) >= 11 is 3.14.